The van der Waals surface area contributed by atoms with Crippen molar-refractivity contribution in [3.05, 3.63) is 24.0 Å². The van der Waals surface area contributed by atoms with Gasteiger partial charge >= 0.3 is 0 Å². The number of nitrogens with zero attached hydrogens (tertiary/aromatic N) is 2. The molecule has 0 radical (unpaired) electrons. The number of carbonyl (C=O) groups excluding carboxylic acids is 2. The predicted molar refractivity (Wildman–Crippen MR) is 51.0 cm³/mol. The number of aromatic nitrogens is 1. The highest BCUT2D eigenvalue weighted by molar-refractivity contribution is 6.43. The van der Waals surface area contributed by atoms with Crippen LogP contribution in [0.4, 0.5) is 5.69 Å². The molecule has 14 heavy (non-hydrogen) atoms. The lowest BCUT2D eigenvalue weighted by molar-refractivity contribution is -0.133. The number of ketones is 1. The highest BCUT2D eigenvalue weighted by Crippen LogP contribution is 2.18. The van der Waals surface area contributed by atoms with Gasteiger partial charge in [0.1, 0.15) is 0 Å². The van der Waals surface area contributed by atoms with Gasteiger partial charge in [0.2, 0.25) is 5.78 Å². The topological polar surface area (TPSA) is 50.3 Å². The fraction of sp³-hybridized carbons (Fsp3) is 0.300. The predicted octanol–water partition coefficient (Wildman–Crippen LogP) is 0.696. The maximum Gasteiger partial charge on any atom is 0.294 e. The van der Waals surface area contributed by atoms with Crippen molar-refractivity contribution in [2.75, 3.05) is 11.4 Å². The number of rotatable bonds is 1. The van der Waals surface area contributed by atoms with Gasteiger partial charge in [-0.2, -0.15) is 0 Å². The molecule has 1 fully saturated rings. The van der Waals surface area contributed by atoms with Crippen LogP contribution in [0.3, 0.4) is 0 Å². The molecule has 1 aromatic rings. The summed E-state index contributed by atoms with van der Waals surface area (Å²) in [5, 5.41) is 0. The first-order valence-electron chi connectivity index (χ1n) is 4.46. The summed E-state index contributed by atoms with van der Waals surface area (Å²) in [6.45, 7) is 2.35. The van der Waals surface area contributed by atoms with Gasteiger partial charge in [-0.1, -0.05) is 0 Å². The molecular weight excluding hydrogens is 180 g/mol. The van der Waals surface area contributed by atoms with Crippen LogP contribution in [0.25, 0.3) is 0 Å². The fourth-order valence-corrected chi connectivity index (χ4v) is 1.44. The lowest BCUT2D eigenvalue weighted by Gasteiger charge is -2.13. The minimum Gasteiger partial charge on any atom is -0.304 e. The number of aryl methyl sites for hydroxylation is 1. The molecule has 1 saturated heterocycles. The lowest BCUT2D eigenvalue weighted by Crippen LogP contribution is -2.26. The van der Waals surface area contributed by atoms with Crippen LogP contribution in [0.15, 0.2) is 18.3 Å². The summed E-state index contributed by atoms with van der Waals surface area (Å²) in [5.74, 6) is -0.735. The second-order valence-electron chi connectivity index (χ2n) is 3.29. The Labute approximate surface area is 81.6 Å². The van der Waals surface area contributed by atoms with E-state index in [4.69, 9.17) is 0 Å². The Balaban J connectivity index is 2.28. The van der Waals surface area contributed by atoms with E-state index in [0.29, 0.717) is 18.7 Å². The van der Waals surface area contributed by atoms with Crippen LogP contribution in [0.1, 0.15) is 12.1 Å². The number of hydrogen-bond donors (Lipinski definition) is 0. The standard InChI is InChI=1S/C10H10N2O2/c1-7-2-3-8(6-11-7)12-5-4-9(13)10(12)14/h2-3,6H,4-5H2,1H3. The molecule has 1 aliphatic heterocycles. The molecule has 0 N–H and O–H groups in total. The van der Waals surface area contributed by atoms with Gasteiger partial charge in [0, 0.05) is 18.7 Å². The molecule has 0 spiro atoms. The second-order valence-corrected chi connectivity index (χ2v) is 3.29. The number of amides is 1. The molecule has 0 saturated carbocycles. The minimum absolute atomic E-state index is 0.312. The van der Waals surface area contributed by atoms with Crippen LogP contribution in [0.5, 0.6) is 0 Å². The number of Topliss-reactive ketones (excluding diaryl/α,β-unsaturated/α-hetero) is 1. The monoisotopic (exact) mass is 190 g/mol. The summed E-state index contributed by atoms with van der Waals surface area (Å²) in [5.41, 5.74) is 1.60. The van der Waals surface area contributed by atoms with Gasteiger partial charge in [-0.15, -0.1) is 0 Å². The van der Waals surface area contributed by atoms with E-state index in [9.17, 15) is 9.59 Å². The van der Waals surface area contributed by atoms with Crippen LogP contribution in [0.2, 0.25) is 0 Å². The molecule has 4 nitrogen and oxygen atoms in total. The number of pyridine rings is 1. The molecule has 72 valence electrons. The third-order valence-electron chi connectivity index (χ3n) is 2.25. The van der Waals surface area contributed by atoms with Crippen molar-refractivity contribution in [2.45, 2.75) is 13.3 Å². The number of hydrogen-bond acceptors (Lipinski definition) is 3. The molecule has 1 aliphatic rings. The first kappa shape index (κ1) is 8.87. The Hall–Kier alpha value is -1.71. The van der Waals surface area contributed by atoms with Crippen molar-refractivity contribution in [2.24, 2.45) is 0 Å². The quantitative estimate of drug-likeness (QED) is 0.612. The highest BCUT2D eigenvalue weighted by atomic mass is 16.2. The molecule has 1 aromatic heterocycles. The van der Waals surface area contributed by atoms with E-state index >= 15 is 0 Å². The molecular formula is C10H10N2O2. The minimum atomic E-state index is -0.421. The van der Waals surface area contributed by atoms with Gasteiger partial charge in [0.05, 0.1) is 11.9 Å². The summed E-state index contributed by atoms with van der Waals surface area (Å²) in [6, 6.07) is 3.63. The second kappa shape index (κ2) is 3.21. The Morgan fingerprint density at radius 3 is 2.64 bits per heavy atom. The third-order valence-corrected chi connectivity index (χ3v) is 2.25. The van der Waals surface area contributed by atoms with Crippen molar-refractivity contribution in [1.29, 1.82) is 0 Å². The van der Waals surface area contributed by atoms with Gasteiger partial charge in [-0.05, 0) is 19.1 Å². The zero-order valence-electron chi connectivity index (χ0n) is 7.86. The molecule has 0 bridgehead atoms. The smallest absolute Gasteiger partial charge is 0.294 e. The van der Waals surface area contributed by atoms with Gasteiger partial charge in [0.25, 0.3) is 5.91 Å². The Morgan fingerprint density at radius 1 is 1.36 bits per heavy atom. The van der Waals surface area contributed by atoms with Gasteiger partial charge in [0.15, 0.2) is 0 Å². The van der Waals surface area contributed by atoms with Crippen molar-refractivity contribution in [1.82, 2.24) is 4.98 Å². The Morgan fingerprint density at radius 2 is 2.14 bits per heavy atom. The molecule has 2 rings (SSSR count). The molecule has 1 amide bonds. The normalized spacial score (nSPS) is 16.5. The molecule has 0 aliphatic carbocycles. The van der Waals surface area contributed by atoms with Crippen molar-refractivity contribution in [3.8, 4) is 0 Å². The van der Waals surface area contributed by atoms with Crippen LogP contribution in [-0.4, -0.2) is 23.2 Å². The average Bonchev–Trinajstić information content (AvgIpc) is 2.50. The Bertz CT molecular complexity index is 384. The lowest BCUT2D eigenvalue weighted by atomic mass is 10.3. The molecule has 0 aromatic carbocycles. The summed E-state index contributed by atoms with van der Waals surface area (Å²) in [4.78, 5) is 27.9. The van der Waals surface area contributed by atoms with E-state index in [0.717, 1.165) is 5.69 Å². The molecule has 2 heterocycles. The van der Waals surface area contributed by atoms with E-state index < -0.39 is 5.91 Å². The maximum atomic E-state index is 11.3. The van der Waals surface area contributed by atoms with Gasteiger partial charge < -0.3 is 4.90 Å². The third kappa shape index (κ3) is 1.39. The largest absolute Gasteiger partial charge is 0.304 e. The molecule has 0 atom stereocenters. The van der Waals surface area contributed by atoms with Crippen molar-refractivity contribution < 1.29 is 9.59 Å². The van der Waals surface area contributed by atoms with Crippen LogP contribution < -0.4 is 4.90 Å². The van der Waals surface area contributed by atoms with Gasteiger partial charge in [-0.3, -0.25) is 14.6 Å². The van der Waals surface area contributed by atoms with E-state index in [1.54, 1.807) is 12.3 Å². The first-order chi connectivity index (χ1) is 6.68. The van der Waals surface area contributed by atoms with E-state index in [2.05, 4.69) is 4.98 Å². The summed E-state index contributed by atoms with van der Waals surface area (Å²) in [7, 11) is 0. The van der Waals surface area contributed by atoms with Crippen LogP contribution in [-0.2, 0) is 9.59 Å². The van der Waals surface area contributed by atoms with Crippen LogP contribution in [0, 0.1) is 6.92 Å². The van der Waals surface area contributed by atoms with Gasteiger partial charge in [-0.25, -0.2) is 0 Å². The summed E-state index contributed by atoms with van der Waals surface area (Å²) < 4.78 is 0. The van der Waals surface area contributed by atoms with E-state index in [1.807, 2.05) is 13.0 Å². The first-order valence-corrected chi connectivity index (χ1v) is 4.46. The summed E-state index contributed by atoms with van der Waals surface area (Å²) in [6.07, 6.45) is 1.93. The zero-order chi connectivity index (χ0) is 10.1. The van der Waals surface area contributed by atoms with E-state index in [-0.39, 0.29) is 5.78 Å². The van der Waals surface area contributed by atoms with Crippen molar-refractivity contribution >= 4 is 17.4 Å². The average molecular weight is 190 g/mol. The van der Waals surface area contributed by atoms with E-state index in [1.165, 1.54) is 4.90 Å². The van der Waals surface area contributed by atoms with Crippen LogP contribution >= 0.6 is 0 Å². The summed E-state index contributed by atoms with van der Waals surface area (Å²) >= 11 is 0. The SMILES string of the molecule is Cc1ccc(N2CCC(=O)C2=O)cn1. The maximum absolute atomic E-state index is 11.3. The highest BCUT2D eigenvalue weighted by Gasteiger charge is 2.30. The number of anilines is 1. The zero-order valence-corrected chi connectivity index (χ0v) is 7.86. The van der Waals surface area contributed by atoms with Crippen molar-refractivity contribution in [3.63, 3.8) is 0 Å². The Kier molecular flexibility index (Phi) is 2.04. The fourth-order valence-electron chi connectivity index (χ4n) is 1.44. The molecule has 4 heteroatoms. The molecule has 0 unspecified atom stereocenters. The number of carbonyl (C=O) groups is 2.